The van der Waals surface area contributed by atoms with E-state index in [2.05, 4.69) is 57.8 Å². The third-order valence-corrected chi connectivity index (χ3v) is 18.1. The van der Waals surface area contributed by atoms with E-state index >= 15 is 0 Å². The Morgan fingerprint density at radius 1 is 0.683 bits per heavy atom. The molecular formula is C37H46N2P2. The van der Waals surface area contributed by atoms with Crippen molar-refractivity contribution in [3.8, 4) is 0 Å². The number of nitrogens with zero attached hydrogens (tertiary/aromatic N) is 2. The van der Waals surface area contributed by atoms with Crippen LogP contribution in [0.5, 0.6) is 0 Å². The van der Waals surface area contributed by atoms with Crippen molar-refractivity contribution in [2.24, 2.45) is 35.5 Å². The summed E-state index contributed by atoms with van der Waals surface area (Å²) < 4.78 is 0. The zero-order valence-electron chi connectivity index (χ0n) is 24.6. The smallest absolute Gasteiger partial charge is 0.0902 e. The summed E-state index contributed by atoms with van der Waals surface area (Å²) in [5, 5.41) is 0.943. The van der Waals surface area contributed by atoms with E-state index in [9.17, 15) is 0 Å². The van der Waals surface area contributed by atoms with Crippen LogP contribution in [0, 0.1) is 35.5 Å². The first-order chi connectivity index (χ1) is 20.0. The minimum atomic E-state index is -0.370. The largest absolute Gasteiger partial charge is 0.260 e. The van der Waals surface area contributed by atoms with Crippen LogP contribution < -0.4 is 0 Å². The highest BCUT2D eigenvalue weighted by Crippen LogP contribution is 2.79. The van der Waals surface area contributed by atoms with Gasteiger partial charge in [-0.15, -0.1) is 9.24 Å². The van der Waals surface area contributed by atoms with E-state index < -0.39 is 0 Å². The fourth-order valence-corrected chi connectivity index (χ4v) is 18.4. The lowest BCUT2D eigenvalue weighted by Crippen LogP contribution is -2.57. The van der Waals surface area contributed by atoms with Crippen LogP contribution >= 0.6 is 17.2 Å². The number of hydrogen-bond acceptors (Lipinski definition) is 2. The summed E-state index contributed by atoms with van der Waals surface area (Å²) in [6.07, 6.45) is 30.2. The molecule has 2 aromatic heterocycles. The van der Waals surface area contributed by atoms with Crippen molar-refractivity contribution in [1.82, 2.24) is 9.97 Å². The predicted molar refractivity (Wildman–Crippen MR) is 173 cm³/mol. The Hall–Kier alpha value is -1.36. The summed E-state index contributed by atoms with van der Waals surface area (Å²) in [7, 11) is 3.20. The highest BCUT2D eigenvalue weighted by molar-refractivity contribution is 7.61. The van der Waals surface area contributed by atoms with Crippen LogP contribution in [0.25, 0.3) is 0 Å². The Bertz CT molecular complexity index is 1220. The van der Waals surface area contributed by atoms with Crippen LogP contribution in [0.15, 0.2) is 72.1 Å². The standard InChI is InChI=1S/C37H46N2P2/c40-37(33-8-1-3-10-38-33,34-9-2-4-11-39-34)32-7-5-6-31(32)24-41(35-18-25-12-26(19-35)14-27(13-25)20-35)36-21-28-15-29(22-36)17-30(16-28)23-36/h1-6,8-11,25-30H,7,12-24,40H2. The molecule has 41 heavy (non-hydrogen) atoms. The molecule has 8 bridgehead atoms. The van der Waals surface area contributed by atoms with E-state index in [1.54, 1.807) is 88.2 Å². The second kappa shape index (κ2) is 9.57. The van der Waals surface area contributed by atoms with Crippen LogP contribution in [-0.4, -0.2) is 26.4 Å². The molecule has 2 heterocycles. The van der Waals surface area contributed by atoms with Crippen LogP contribution in [0.2, 0.25) is 0 Å². The van der Waals surface area contributed by atoms with Gasteiger partial charge in [0.15, 0.2) is 0 Å². The molecule has 8 saturated carbocycles. The van der Waals surface area contributed by atoms with E-state index in [1.807, 2.05) is 12.4 Å². The van der Waals surface area contributed by atoms with Gasteiger partial charge in [0.2, 0.25) is 0 Å². The minimum absolute atomic E-state index is 0.0907. The van der Waals surface area contributed by atoms with Crippen LogP contribution in [0.1, 0.15) is 94.9 Å². The van der Waals surface area contributed by atoms with Crippen molar-refractivity contribution in [3.05, 3.63) is 83.5 Å². The van der Waals surface area contributed by atoms with E-state index in [0.29, 0.717) is 10.3 Å². The monoisotopic (exact) mass is 580 g/mol. The van der Waals surface area contributed by atoms with Gasteiger partial charge in [-0.05, 0) is 171 Å². The van der Waals surface area contributed by atoms with E-state index in [-0.39, 0.29) is 13.1 Å². The molecule has 0 saturated heterocycles. The van der Waals surface area contributed by atoms with Crippen LogP contribution in [-0.2, 0) is 5.16 Å². The van der Waals surface area contributed by atoms with Gasteiger partial charge in [0, 0.05) is 12.4 Å². The second-order valence-electron chi connectivity index (χ2n) is 15.7. The van der Waals surface area contributed by atoms with Gasteiger partial charge in [0.1, 0.15) is 0 Å². The molecule has 0 N–H and O–H groups in total. The Kier molecular flexibility index (Phi) is 6.09. The van der Waals surface area contributed by atoms with Crippen LogP contribution in [0.4, 0.5) is 0 Å². The van der Waals surface area contributed by atoms with Gasteiger partial charge in [-0.1, -0.05) is 32.2 Å². The maximum Gasteiger partial charge on any atom is 0.0902 e. The molecule has 1 atom stereocenters. The zero-order valence-corrected chi connectivity index (χ0v) is 26.6. The summed E-state index contributed by atoms with van der Waals surface area (Å²) in [4.78, 5) is 9.95. The van der Waals surface area contributed by atoms with E-state index in [4.69, 9.17) is 9.97 Å². The second-order valence-corrected chi connectivity index (χ2v) is 19.7. The molecule has 8 fully saturated rings. The molecule has 0 aromatic carbocycles. The number of pyridine rings is 2. The molecule has 0 amide bonds. The van der Waals surface area contributed by atoms with Crippen molar-refractivity contribution in [2.75, 3.05) is 6.16 Å². The zero-order chi connectivity index (χ0) is 27.2. The molecule has 2 nitrogen and oxygen atoms in total. The molecular weight excluding hydrogens is 534 g/mol. The Labute approximate surface area is 250 Å². The summed E-state index contributed by atoms with van der Waals surface area (Å²) in [6.45, 7) is 0. The molecule has 214 valence electrons. The van der Waals surface area contributed by atoms with Gasteiger partial charge in [-0.2, -0.15) is 0 Å². The quantitative estimate of drug-likeness (QED) is 0.305. The topological polar surface area (TPSA) is 25.8 Å². The molecule has 4 heteroatoms. The number of hydrogen-bond donors (Lipinski definition) is 0. The molecule has 1 unspecified atom stereocenters. The van der Waals surface area contributed by atoms with Gasteiger partial charge >= 0.3 is 0 Å². The van der Waals surface area contributed by atoms with Gasteiger partial charge in [0.25, 0.3) is 0 Å². The number of allylic oxidation sites excluding steroid dienone is 4. The number of aromatic nitrogens is 2. The average Bonchev–Trinajstić information content (AvgIpc) is 3.44. The normalized spacial score (nSPS) is 41.0. The molecule has 0 aliphatic heterocycles. The highest BCUT2D eigenvalue weighted by atomic mass is 31.1. The highest BCUT2D eigenvalue weighted by Gasteiger charge is 2.62. The van der Waals surface area contributed by atoms with E-state index in [1.165, 1.54) is 6.16 Å². The van der Waals surface area contributed by atoms with Gasteiger partial charge in [0.05, 0.1) is 16.5 Å². The third kappa shape index (κ3) is 4.09. The molecule has 9 aliphatic carbocycles. The Morgan fingerprint density at radius 3 is 1.51 bits per heavy atom. The molecule has 11 rings (SSSR count). The van der Waals surface area contributed by atoms with Crippen LogP contribution in [0.3, 0.4) is 0 Å². The van der Waals surface area contributed by atoms with E-state index in [0.717, 1.165) is 53.3 Å². The average molecular weight is 581 g/mol. The molecule has 2 aromatic rings. The minimum Gasteiger partial charge on any atom is -0.260 e. The molecule has 9 aliphatic rings. The first-order valence-electron chi connectivity index (χ1n) is 16.8. The summed E-state index contributed by atoms with van der Waals surface area (Å²) >= 11 is 0. The van der Waals surface area contributed by atoms with Crippen molar-refractivity contribution in [1.29, 1.82) is 0 Å². The van der Waals surface area contributed by atoms with Crippen molar-refractivity contribution in [3.63, 3.8) is 0 Å². The summed E-state index contributed by atoms with van der Waals surface area (Å²) in [5.74, 6) is 6.23. The summed E-state index contributed by atoms with van der Waals surface area (Å²) in [6, 6.07) is 12.9. The number of rotatable bonds is 7. The lowest BCUT2D eigenvalue weighted by Gasteiger charge is -2.67. The van der Waals surface area contributed by atoms with Gasteiger partial charge < -0.3 is 0 Å². The maximum atomic E-state index is 4.98. The van der Waals surface area contributed by atoms with Crippen molar-refractivity contribution >= 4 is 17.2 Å². The fourth-order valence-electron chi connectivity index (χ4n) is 12.5. The Balaban J connectivity index is 1.18. The summed E-state index contributed by atoms with van der Waals surface area (Å²) in [5.41, 5.74) is 5.46. The lowest BCUT2D eigenvalue weighted by molar-refractivity contribution is 0.0187. The van der Waals surface area contributed by atoms with Gasteiger partial charge in [-0.25, -0.2) is 0 Å². The maximum absolute atomic E-state index is 4.98. The van der Waals surface area contributed by atoms with Crippen molar-refractivity contribution < 1.29 is 0 Å². The predicted octanol–water partition coefficient (Wildman–Crippen LogP) is 9.27. The van der Waals surface area contributed by atoms with Gasteiger partial charge in [-0.3, -0.25) is 9.97 Å². The van der Waals surface area contributed by atoms with Crippen molar-refractivity contribution in [2.45, 2.75) is 98.9 Å². The SMILES string of the molecule is PC(C1=C(CP(C23CC4CC(CC(C4)C2)C3)C23CC4CC(CC(C4)C2)C3)C=CC1)(c1ccccn1)c1ccccn1. The Morgan fingerprint density at radius 2 is 1.12 bits per heavy atom. The third-order valence-electron chi connectivity index (χ3n) is 13.1. The molecule has 0 spiro atoms. The first-order valence-corrected chi connectivity index (χ1v) is 18.9. The fraction of sp³-hybridized carbons (Fsp3) is 0.622. The molecule has 0 radical (unpaired) electrons. The first kappa shape index (κ1) is 26.1. The lowest BCUT2D eigenvalue weighted by atomic mass is 9.55.